The SMILES string of the molecule is CC(=O)NCCCCCC(=O)NC(C)c1nc(C)c(C(=O)O)s1. The van der Waals surface area contributed by atoms with Crippen molar-refractivity contribution >= 4 is 29.1 Å². The smallest absolute Gasteiger partial charge is 0.347 e. The highest BCUT2D eigenvalue weighted by molar-refractivity contribution is 7.13. The Balaban J connectivity index is 2.32. The Bertz CT molecular complexity index is 571. The first-order valence-electron chi connectivity index (χ1n) is 7.55. The molecule has 3 N–H and O–H groups in total. The zero-order valence-electron chi connectivity index (χ0n) is 13.6. The van der Waals surface area contributed by atoms with Gasteiger partial charge < -0.3 is 15.7 Å². The van der Waals surface area contributed by atoms with Gasteiger partial charge in [-0.1, -0.05) is 6.42 Å². The van der Waals surface area contributed by atoms with Crippen LogP contribution in [0.5, 0.6) is 0 Å². The van der Waals surface area contributed by atoms with E-state index in [2.05, 4.69) is 15.6 Å². The number of carbonyl (C=O) groups is 3. The maximum absolute atomic E-state index is 11.9. The summed E-state index contributed by atoms with van der Waals surface area (Å²) in [6.07, 6.45) is 2.85. The lowest BCUT2D eigenvalue weighted by Gasteiger charge is -2.11. The highest BCUT2D eigenvalue weighted by atomic mass is 32.1. The second kappa shape index (κ2) is 9.24. The monoisotopic (exact) mass is 341 g/mol. The van der Waals surface area contributed by atoms with E-state index >= 15 is 0 Å². The Morgan fingerprint density at radius 3 is 2.52 bits per heavy atom. The Labute approximate surface area is 139 Å². The summed E-state index contributed by atoms with van der Waals surface area (Å²) in [5.74, 6) is -1.12. The van der Waals surface area contributed by atoms with Crippen molar-refractivity contribution in [2.45, 2.75) is 52.5 Å². The fourth-order valence-electron chi connectivity index (χ4n) is 2.03. The van der Waals surface area contributed by atoms with Gasteiger partial charge in [0.15, 0.2) is 0 Å². The molecule has 1 atom stereocenters. The Hall–Kier alpha value is -1.96. The number of nitrogens with zero attached hydrogens (tertiary/aromatic N) is 1. The highest BCUT2D eigenvalue weighted by Gasteiger charge is 2.18. The largest absolute Gasteiger partial charge is 0.477 e. The van der Waals surface area contributed by atoms with Crippen LogP contribution in [0.15, 0.2) is 0 Å². The molecule has 0 saturated carbocycles. The molecule has 1 rings (SSSR count). The van der Waals surface area contributed by atoms with Crippen molar-refractivity contribution in [3.8, 4) is 0 Å². The molecule has 0 aliphatic heterocycles. The number of nitrogens with one attached hydrogen (secondary N) is 2. The molecule has 0 aliphatic rings. The number of unbranched alkanes of at least 4 members (excludes halogenated alkanes) is 2. The topological polar surface area (TPSA) is 108 Å². The van der Waals surface area contributed by atoms with Crippen molar-refractivity contribution < 1.29 is 19.5 Å². The predicted molar refractivity (Wildman–Crippen MR) is 87.5 cm³/mol. The van der Waals surface area contributed by atoms with Gasteiger partial charge in [-0.2, -0.15) is 0 Å². The molecule has 128 valence electrons. The molecule has 7 nitrogen and oxygen atoms in total. The van der Waals surface area contributed by atoms with E-state index in [1.807, 2.05) is 0 Å². The number of aryl methyl sites for hydroxylation is 1. The van der Waals surface area contributed by atoms with E-state index in [4.69, 9.17) is 5.11 Å². The molecule has 1 heterocycles. The van der Waals surface area contributed by atoms with Gasteiger partial charge in [-0.25, -0.2) is 9.78 Å². The van der Waals surface area contributed by atoms with Crippen LogP contribution in [0, 0.1) is 6.92 Å². The molecular weight excluding hydrogens is 318 g/mol. The van der Waals surface area contributed by atoms with Crippen molar-refractivity contribution in [1.82, 2.24) is 15.6 Å². The van der Waals surface area contributed by atoms with Crippen molar-refractivity contribution in [2.75, 3.05) is 6.54 Å². The van der Waals surface area contributed by atoms with Crippen LogP contribution in [0.4, 0.5) is 0 Å². The minimum absolute atomic E-state index is 0.0453. The van der Waals surface area contributed by atoms with Gasteiger partial charge >= 0.3 is 5.97 Å². The van der Waals surface area contributed by atoms with Crippen LogP contribution in [0.2, 0.25) is 0 Å². The average molecular weight is 341 g/mol. The molecule has 0 aromatic carbocycles. The molecule has 0 radical (unpaired) electrons. The van der Waals surface area contributed by atoms with Gasteiger partial charge in [0.25, 0.3) is 0 Å². The van der Waals surface area contributed by atoms with Crippen LogP contribution in [-0.4, -0.2) is 34.4 Å². The molecule has 0 bridgehead atoms. The van der Waals surface area contributed by atoms with Crippen molar-refractivity contribution in [3.05, 3.63) is 15.6 Å². The van der Waals surface area contributed by atoms with E-state index in [-0.39, 0.29) is 22.7 Å². The molecule has 23 heavy (non-hydrogen) atoms. The number of carboxylic acid groups (broad SMARTS) is 1. The van der Waals surface area contributed by atoms with Gasteiger partial charge in [0, 0.05) is 19.9 Å². The second-order valence-electron chi connectivity index (χ2n) is 5.35. The molecule has 0 aliphatic carbocycles. The summed E-state index contributed by atoms with van der Waals surface area (Å²) < 4.78 is 0. The van der Waals surface area contributed by atoms with E-state index < -0.39 is 5.97 Å². The van der Waals surface area contributed by atoms with Gasteiger partial charge in [0.1, 0.15) is 9.88 Å². The zero-order valence-corrected chi connectivity index (χ0v) is 14.5. The summed E-state index contributed by atoms with van der Waals surface area (Å²) in [6.45, 7) is 5.54. The van der Waals surface area contributed by atoms with Crippen molar-refractivity contribution in [2.24, 2.45) is 0 Å². The minimum atomic E-state index is -0.996. The van der Waals surface area contributed by atoms with Crippen LogP contribution in [0.3, 0.4) is 0 Å². The first-order valence-corrected chi connectivity index (χ1v) is 8.37. The lowest BCUT2D eigenvalue weighted by molar-refractivity contribution is -0.122. The predicted octanol–water partition coefficient (Wildman–Crippen LogP) is 2.02. The van der Waals surface area contributed by atoms with Crippen LogP contribution in [0.1, 0.15) is 65.9 Å². The molecule has 8 heteroatoms. The summed E-state index contributed by atoms with van der Waals surface area (Å²) >= 11 is 1.09. The summed E-state index contributed by atoms with van der Waals surface area (Å²) in [6, 6.07) is -0.307. The van der Waals surface area contributed by atoms with Gasteiger partial charge in [0.2, 0.25) is 11.8 Å². The normalized spacial score (nSPS) is 11.8. The van der Waals surface area contributed by atoms with Gasteiger partial charge in [-0.05, 0) is 26.7 Å². The zero-order chi connectivity index (χ0) is 17.4. The number of carbonyl (C=O) groups excluding carboxylic acids is 2. The van der Waals surface area contributed by atoms with E-state index in [9.17, 15) is 14.4 Å². The molecular formula is C15H23N3O4S. The van der Waals surface area contributed by atoms with Crippen LogP contribution in [0.25, 0.3) is 0 Å². The summed E-state index contributed by atoms with van der Waals surface area (Å²) in [4.78, 5) is 38.0. The van der Waals surface area contributed by atoms with E-state index in [0.29, 0.717) is 23.7 Å². The molecule has 1 aromatic heterocycles. The third kappa shape index (κ3) is 6.77. The highest BCUT2D eigenvalue weighted by Crippen LogP contribution is 2.23. The van der Waals surface area contributed by atoms with E-state index in [1.165, 1.54) is 6.92 Å². The first kappa shape index (κ1) is 19.1. The first-order chi connectivity index (χ1) is 10.8. The van der Waals surface area contributed by atoms with Crippen LogP contribution in [-0.2, 0) is 9.59 Å². The summed E-state index contributed by atoms with van der Waals surface area (Å²) in [5.41, 5.74) is 0.469. The molecule has 0 fully saturated rings. The van der Waals surface area contributed by atoms with Crippen LogP contribution >= 0.6 is 11.3 Å². The van der Waals surface area contributed by atoms with Crippen molar-refractivity contribution in [1.29, 1.82) is 0 Å². The summed E-state index contributed by atoms with van der Waals surface area (Å²) in [5, 5.41) is 15.2. The Morgan fingerprint density at radius 1 is 1.26 bits per heavy atom. The third-order valence-electron chi connectivity index (χ3n) is 3.21. The number of hydrogen-bond donors (Lipinski definition) is 3. The Kier molecular flexibility index (Phi) is 7.67. The standard InChI is InChI=1S/C15H23N3O4S/c1-9-13(15(21)22)23-14(18-9)10(2)17-12(20)7-5-4-6-8-16-11(3)19/h10H,4-8H2,1-3H3,(H,16,19)(H,17,20)(H,21,22). The number of hydrogen-bond acceptors (Lipinski definition) is 5. The van der Waals surface area contributed by atoms with Gasteiger partial charge in [0.05, 0.1) is 11.7 Å². The summed E-state index contributed by atoms with van der Waals surface area (Å²) in [7, 11) is 0. The minimum Gasteiger partial charge on any atom is -0.477 e. The molecule has 0 saturated heterocycles. The molecule has 0 spiro atoms. The van der Waals surface area contributed by atoms with E-state index in [1.54, 1.807) is 13.8 Å². The lowest BCUT2D eigenvalue weighted by atomic mass is 10.2. The average Bonchev–Trinajstić information content (AvgIpc) is 2.84. The number of amides is 2. The number of thiazole rings is 1. The number of rotatable bonds is 9. The molecule has 2 amide bonds. The second-order valence-corrected chi connectivity index (χ2v) is 6.39. The number of carboxylic acids is 1. The quantitative estimate of drug-likeness (QED) is 0.596. The van der Waals surface area contributed by atoms with Crippen LogP contribution < -0.4 is 10.6 Å². The number of aromatic carboxylic acids is 1. The third-order valence-corrected chi connectivity index (χ3v) is 4.54. The van der Waals surface area contributed by atoms with Gasteiger partial charge in [-0.3, -0.25) is 9.59 Å². The maximum Gasteiger partial charge on any atom is 0.347 e. The lowest BCUT2D eigenvalue weighted by Crippen LogP contribution is -2.26. The molecule has 1 unspecified atom stereocenters. The Morgan fingerprint density at radius 2 is 1.96 bits per heavy atom. The maximum atomic E-state index is 11.9. The fraction of sp³-hybridized carbons (Fsp3) is 0.600. The molecule has 1 aromatic rings. The van der Waals surface area contributed by atoms with Crippen molar-refractivity contribution in [3.63, 3.8) is 0 Å². The fourth-order valence-corrected chi connectivity index (χ4v) is 2.94. The van der Waals surface area contributed by atoms with E-state index in [0.717, 1.165) is 30.6 Å². The van der Waals surface area contributed by atoms with Gasteiger partial charge in [-0.15, -0.1) is 11.3 Å². The number of aromatic nitrogens is 1.